The quantitative estimate of drug-likeness (QED) is 0.150. The van der Waals surface area contributed by atoms with Crippen molar-refractivity contribution in [3.05, 3.63) is 93.6 Å². The van der Waals surface area contributed by atoms with Crippen molar-refractivity contribution in [3.63, 3.8) is 0 Å². The summed E-state index contributed by atoms with van der Waals surface area (Å²) < 4.78 is 26.2. The highest BCUT2D eigenvalue weighted by molar-refractivity contribution is 9.10. The van der Waals surface area contributed by atoms with E-state index in [1.54, 1.807) is 18.2 Å². The van der Waals surface area contributed by atoms with Crippen molar-refractivity contribution < 1.29 is 23.4 Å². The third-order valence-electron chi connectivity index (χ3n) is 5.75. The van der Waals surface area contributed by atoms with Crippen LogP contribution in [0.4, 0.5) is 0 Å². The topological polar surface area (TPSA) is 87.2 Å². The predicted octanol–water partition coefficient (Wildman–Crippen LogP) is 7.37. The molecule has 210 valence electrons. The van der Waals surface area contributed by atoms with Gasteiger partial charge in [-0.1, -0.05) is 0 Å². The van der Waals surface area contributed by atoms with Gasteiger partial charge in [0.05, 0.1) is 17.3 Å². The van der Waals surface area contributed by atoms with Gasteiger partial charge in [-0.3, -0.25) is 4.79 Å². The molecule has 0 saturated heterocycles. The van der Waals surface area contributed by atoms with E-state index in [-0.39, 0.29) is 12.4 Å². The van der Waals surface area contributed by atoms with Gasteiger partial charge in [0.25, 0.3) is 0 Å². The number of benzene rings is 2. The minimum atomic E-state index is -0.471. The normalized spacial score (nSPS) is 11.6. The molecule has 2 aromatic heterocycles. The van der Waals surface area contributed by atoms with Crippen molar-refractivity contribution in [2.75, 3.05) is 6.61 Å². The first-order valence-corrected chi connectivity index (χ1v) is 13.8. The van der Waals surface area contributed by atoms with E-state index in [0.717, 1.165) is 15.7 Å². The fourth-order valence-electron chi connectivity index (χ4n) is 4.05. The Morgan fingerprint density at radius 3 is 2.38 bits per heavy atom. The van der Waals surface area contributed by atoms with Crippen LogP contribution in [-0.2, 0) is 6.61 Å². The molecular weight excluding hydrogens is 574 g/mol. The zero-order valence-corrected chi connectivity index (χ0v) is 25.2. The molecule has 8 nitrogen and oxygen atoms in total. The summed E-state index contributed by atoms with van der Waals surface area (Å²) in [6, 6.07) is 19.0. The molecule has 0 bridgehead atoms. The van der Waals surface area contributed by atoms with Crippen molar-refractivity contribution in [2.45, 2.75) is 53.8 Å². The smallest absolute Gasteiger partial charge is 0.307 e. The van der Waals surface area contributed by atoms with Crippen LogP contribution in [0.2, 0.25) is 0 Å². The number of carbonyl (C=O) groups excluding carboxylic acids is 1. The highest BCUT2D eigenvalue weighted by atomic mass is 79.9. The molecule has 0 spiro atoms. The van der Waals surface area contributed by atoms with Gasteiger partial charge < -0.3 is 23.2 Å². The van der Waals surface area contributed by atoms with Crippen molar-refractivity contribution >= 4 is 28.1 Å². The maximum Gasteiger partial charge on any atom is 0.307 e. The van der Waals surface area contributed by atoms with Gasteiger partial charge in [-0.05, 0) is 124 Å². The lowest BCUT2D eigenvalue weighted by Gasteiger charge is -2.24. The van der Waals surface area contributed by atoms with Gasteiger partial charge in [0.2, 0.25) is 0 Å². The first kappa shape index (κ1) is 29.0. The molecule has 0 atom stereocenters. The lowest BCUT2D eigenvalue weighted by atomic mass is 10.1. The summed E-state index contributed by atoms with van der Waals surface area (Å²) >= 11 is 3.55. The summed E-state index contributed by atoms with van der Waals surface area (Å²) in [6.45, 7) is 12.6. The van der Waals surface area contributed by atoms with E-state index in [2.05, 4.69) is 57.0 Å². The molecule has 0 unspecified atom stereocenters. The number of rotatable bonds is 10. The molecule has 0 fully saturated rings. The zero-order chi connectivity index (χ0) is 28.9. The van der Waals surface area contributed by atoms with Gasteiger partial charge in [-0.25, -0.2) is 5.43 Å². The Morgan fingerprint density at radius 2 is 1.73 bits per heavy atom. The van der Waals surface area contributed by atoms with E-state index >= 15 is 0 Å². The molecule has 2 aromatic carbocycles. The van der Waals surface area contributed by atoms with Gasteiger partial charge in [0.15, 0.2) is 17.3 Å². The van der Waals surface area contributed by atoms with E-state index in [9.17, 15) is 4.79 Å². The van der Waals surface area contributed by atoms with Crippen LogP contribution < -0.4 is 19.6 Å². The zero-order valence-electron chi connectivity index (χ0n) is 23.6. The highest BCUT2D eigenvalue weighted by Crippen LogP contribution is 2.38. The average Bonchev–Trinajstić information content (AvgIpc) is 3.51. The number of aromatic nitrogens is 1. The Kier molecular flexibility index (Phi) is 9.04. The molecule has 40 heavy (non-hydrogen) atoms. The second kappa shape index (κ2) is 12.5. The van der Waals surface area contributed by atoms with Crippen LogP contribution in [0, 0.1) is 13.8 Å². The summed E-state index contributed by atoms with van der Waals surface area (Å²) in [5.41, 5.74) is 6.23. The highest BCUT2D eigenvalue weighted by Gasteiger charge is 2.19. The Bertz CT molecular complexity index is 1480. The minimum absolute atomic E-state index is 0.134. The predicted molar refractivity (Wildman–Crippen MR) is 159 cm³/mol. The lowest BCUT2D eigenvalue weighted by Crippen LogP contribution is -2.23. The van der Waals surface area contributed by atoms with Gasteiger partial charge in [0.1, 0.15) is 23.7 Å². The number of hydrogen-bond acceptors (Lipinski definition) is 6. The van der Waals surface area contributed by atoms with Gasteiger partial charge in [-0.15, -0.1) is 0 Å². The van der Waals surface area contributed by atoms with Crippen LogP contribution in [-0.4, -0.2) is 28.9 Å². The monoisotopic (exact) mass is 607 g/mol. The number of amides is 1. The number of furan rings is 1. The van der Waals surface area contributed by atoms with Gasteiger partial charge in [0, 0.05) is 17.1 Å². The third kappa shape index (κ3) is 7.35. The second-order valence-electron chi connectivity index (χ2n) is 10.2. The summed E-state index contributed by atoms with van der Waals surface area (Å²) in [7, 11) is 0. The number of aryl methyl sites for hydroxylation is 2. The number of nitrogens with zero attached hydrogens (tertiary/aromatic N) is 2. The maximum atomic E-state index is 12.6. The third-order valence-corrected chi connectivity index (χ3v) is 6.34. The Balaban J connectivity index is 1.34. The van der Waals surface area contributed by atoms with E-state index in [1.807, 2.05) is 58.0 Å². The molecule has 2 heterocycles. The van der Waals surface area contributed by atoms with Crippen molar-refractivity contribution in [1.82, 2.24) is 9.99 Å². The van der Waals surface area contributed by atoms with Crippen LogP contribution in [0.1, 0.15) is 61.0 Å². The molecule has 1 N–H and O–H groups in total. The Morgan fingerprint density at radius 1 is 1.02 bits per heavy atom. The van der Waals surface area contributed by atoms with Gasteiger partial charge >= 0.3 is 5.91 Å². The molecule has 0 saturated carbocycles. The van der Waals surface area contributed by atoms with E-state index in [4.69, 9.17) is 18.6 Å². The summed E-state index contributed by atoms with van der Waals surface area (Å²) in [5.74, 6) is 2.09. The fraction of sp³-hybridized carbons (Fsp3) is 0.290. The molecule has 0 aliphatic heterocycles. The van der Waals surface area contributed by atoms with Crippen molar-refractivity contribution in [1.29, 1.82) is 0 Å². The number of hydrazone groups is 1. The minimum Gasteiger partial charge on any atom is -0.490 e. The average molecular weight is 609 g/mol. The van der Waals surface area contributed by atoms with Crippen molar-refractivity contribution in [3.8, 4) is 22.9 Å². The van der Waals surface area contributed by atoms with E-state index in [1.165, 1.54) is 17.6 Å². The van der Waals surface area contributed by atoms with Crippen LogP contribution in [0.3, 0.4) is 0 Å². The molecule has 0 aliphatic carbocycles. The molecule has 4 aromatic rings. The first-order chi connectivity index (χ1) is 19.0. The number of halogens is 1. The van der Waals surface area contributed by atoms with E-state index < -0.39 is 11.5 Å². The largest absolute Gasteiger partial charge is 0.490 e. The molecule has 9 heteroatoms. The maximum absolute atomic E-state index is 12.6. The fourth-order valence-corrected chi connectivity index (χ4v) is 4.59. The summed E-state index contributed by atoms with van der Waals surface area (Å²) in [5, 5.41) is 4.07. The Labute approximate surface area is 243 Å². The number of ether oxygens (including phenoxy) is 3. The number of nitrogens with one attached hydrogen (secondary N) is 1. The molecule has 0 aliphatic rings. The molecule has 0 radical (unpaired) electrons. The SMILES string of the molecule is CCOc1cc(/C=N/NC(=O)c2ccc(COc3ccc(-n4c(C)ccc4C)cc3)o2)cc(Br)c1OC(C)(C)C. The van der Waals surface area contributed by atoms with E-state index in [0.29, 0.717) is 29.6 Å². The molecule has 4 rings (SSSR count). The summed E-state index contributed by atoms with van der Waals surface area (Å²) in [4.78, 5) is 12.6. The van der Waals surface area contributed by atoms with Crippen LogP contribution >= 0.6 is 15.9 Å². The van der Waals surface area contributed by atoms with Gasteiger partial charge in [-0.2, -0.15) is 5.10 Å². The number of carbonyl (C=O) groups is 1. The first-order valence-electron chi connectivity index (χ1n) is 13.0. The number of hydrogen-bond donors (Lipinski definition) is 1. The summed E-state index contributed by atoms with van der Waals surface area (Å²) in [6.07, 6.45) is 1.53. The van der Waals surface area contributed by atoms with Crippen molar-refractivity contribution in [2.24, 2.45) is 5.10 Å². The molecule has 1 amide bonds. The van der Waals surface area contributed by atoms with Crippen LogP contribution in [0.25, 0.3) is 5.69 Å². The second-order valence-corrected chi connectivity index (χ2v) is 11.0. The standard InChI is InChI=1S/C31H34BrN3O5/c1-7-37-28-17-22(16-26(32)29(28)40-31(4,5)6)18-33-34-30(36)27-15-14-25(39-27)19-38-24-12-10-23(11-13-24)35-20(2)8-9-21(35)3/h8-18H,7,19H2,1-6H3,(H,34,36)/b33-18+. The Hall–Kier alpha value is -3.98. The lowest BCUT2D eigenvalue weighted by molar-refractivity contribution is 0.0923. The molecular formula is C31H34BrN3O5. The van der Waals surface area contributed by atoms with Crippen LogP contribution in [0.15, 0.2) is 74.7 Å². The van der Waals surface area contributed by atoms with Crippen LogP contribution in [0.5, 0.6) is 17.2 Å².